The summed E-state index contributed by atoms with van der Waals surface area (Å²) in [6.45, 7) is 0. The standard InChI is InChI=1S/C16H14N8O6S3/c17-15-20-6(25)1-7(21-15)33-5-3-31-13-9(12(27)24(13)10(5)14(28)29)22-11(26)8(23-30)4-2-32-16(18)19-4/h1-2,9,13,30H,3H2,(H2,18,19)(H,22,26)(H,28,29)(H3,17,20,21,25)/b23-8-. The zero-order valence-corrected chi connectivity index (χ0v) is 18.7. The molecule has 2 amide bonds. The second-order valence-corrected chi connectivity index (χ2v) is 9.64. The number of carbonyl (C=O) groups is 3. The van der Waals surface area contributed by atoms with Gasteiger partial charge in [0.05, 0.1) is 0 Å². The molecule has 2 atom stereocenters. The molecule has 172 valence electrons. The molecule has 2 aliphatic heterocycles. The van der Waals surface area contributed by atoms with E-state index in [0.717, 1.165) is 34.1 Å². The predicted octanol–water partition coefficient (Wildman–Crippen LogP) is -0.942. The number of aromatic amines is 1. The van der Waals surface area contributed by atoms with Gasteiger partial charge in [-0.2, -0.15) is 0 Å². The van der Waals surface area contributed by atoms with Crippen molar-refractivity contribution in [3.05, 3.63) is 38.1 Å². The van der Waals surface area contributed by atoms with Crippen LogP contribution in [0, 0.1) is 0 Å². The molecule has 2 aromatic rings. The number of oxime groups is 1. The average Bonchev–Trinajstić information content (AvgIpc) is 3.17. The van der Waals surface area contributed by atoms with E-state index in [1.165, 1.54) is 17.1 Å². The summed E-state index contributed by atoms with van der Waals surface area (Å²) in [6.07, 6.45) is 0. The van der Waals surface area contributed by atoms with E-state index in [-0.39, 0.29) is 38.2 Å². The number of rotatable bonds is 6. The van der Waals surface area contributed by atoms with Crippen molar-refractivity contribution >= 4 is 69.4 Å². The number of aromatic nitrogens is 3. The molecule has 4 heterocycles. The van der Waals surface area contributed by atoms with Gasteiger partial charge in [0, 0.05) is 22.1 Å². The van der Waals surface area contributed by atoms with Crippen LogP contribution in [0.2, 0.25) is 0 Å². The van der Waals surface area contributed by atoms with E-state index in [1.807, 2.05) is 0 Å². The number of carbonyl (C=O) groups excluding carboxylic acids is 2. The summed E-state index contributed by atoms with van der Waals surface area (Å²) in [5, 5.41) is 25.4. The summed E-state index contributed by atoms with van der Waals surface area (Å²) in [6, 6.07) is 0.108. The monoisotopic (exact) mass is 510 g/mol. The molecule has 0 aromatic carbocycles. The SMILES string of the molecule is Nc1nc(SC2=C(C(=O)O)N3C(=O)C(NC(=O)/C(=N\O)c4csc(N)n4)C3SC2)cc(=O)[nH]1. The van der Waals surface area contributed by atoms with Crippen molar-refractivity contribution in [2.24, 2.45) is 5.16 Å². The van der Waals surface area contributed by atoms with Gasteiger partial charge in [0.1, 0.15) is 27.8 Å². The first kappa shape index (κ1) is 22.6. The van der Waals surface area contributed by atoms with Crippen molar-refractivity contribution in [1.29, 1.82) is 0 Å². The van der Waals surface area contributed by atoms with Gasteiger partial charge in [0.2, 0.25) is 5.95 Å². The molecule has 33 heavy (non-hydrogen) atoms. The third-order valence-electron chi connectivity index (χ3n) is 4.47. The molecule has 2 unspecified atom stereocenters. The van der Waals surface area contributed by atoms with E-state index < -0.39 is 40.5 Å². The zero-order chi connectivity index (χ0) is 23.9. The maximum atomic E-state index is 12.8. The lowest BCUT2D eigenvalue weighted by molar-refractivity contribution is -0.150. The third-order valence-corrected chi connectivity index (χ3v) is 7.61. The first-order valence-electron chi connectivity index (χ1n) is 8.89. The number of nitrogens with zero attached hydrogens (tertiary/aromatic N) is 4. The number of nitrogen functional groups attached to an aromatic ring is 2. The molecular formula is C16H14N8O6S3. The lowest BCUT2D eigenvalue weighted by Gasteiger charge is -2.49. The quantitative estimate of drug-likeness (QED) is 0.0909. The second-order valence-electron chi connectivity index (χ2n) is 6.53. The highest BCUT2D eigenvalue weighted by molar-refractivity contribution is 8.06. The fraction of sp³-hybridized carbons (Fsp3) is 0.188. The molecular weight excluding hydrogens is 496 g/mol. The van der Waals surface area contributed by atoms with Crippen LogP contribution in [0.3, 0.4) is 0 Å². The first-order valence-corrected chi connectivity index (χ1v) is 11.6. The maximum absolute atomic E-state index is 12.8. The molecule has 14 nitrogen and oxygen atoms in total. The van der Waals surface area contributed by atoms with Gasteiger partial charge < -0.3 is 27.1 Å². The highest BCUT2D eigenvalue weighted by Crippen LogP contribution is 2.44. The Morgan fingerprint density at radius 2 is 2.09 bits per heavy atom. The maximum Gasteiger partial charge on any atom is 0.353 e. The number of hydrogen-bond donors (Lipinski definition) is 6. The number of amides is 2. The predicted molar refractivity (Wildman–Crippen MR) is 120 cm³/mol. The Morgan fingerprint density at radius 1 is 1.33 bits per heavy atom. The molecule has 2 aliphatic rings. The van der Waals surface area contributed by atoms with E-state index in [9.17, 15) is 29.5 Å². The lowest BCUT2D eigenvalue weighted by Crippen LogP contribution is -2.71. The largest absolute Gasteiger partial charge is 0.477 e. The number of thioether (sulfide) groups is 2. The number of thiazole rings is 1. The fourth-order valence-electron chi connectivity index (χ4n) is 3.12. The van der Waals surface area contributed by atoms with E-state index in [2.05, 4.69) is 25.4 Å². The minimum Gasteiger partial charge on any atom is -0.477 e. The van der Waals surface area contributed by atoms with E-state index in [4.69, 9.17) is 11.5 Å². The van der Waals surface area contributed by atoms with Gasteiger partial charge >= 0.3 is 5.97 Å². The Morgan fingerprint density at radius 3 is 2.70 bits per heavy atom. The number of nitrogens with two attached hydrogens (primary N) is 2. The van der Waals surface area contributed by atoms with Gasteiger partial charge in [-0.3, -0.25) is 24.3 Å². The Bertz CT molecular complexity index is 1290. The number of fused-ring (bicyclic) bond motifs is 1. The van der Waals surface area contributed by atoms with Crippen LogP contribution in [0.15, 0.2) is 37.0 Å². The fourth-order valence-corrected chi connectivity index (χ4v) is 6.15. The molecule has 0 spiro atoms. The van der Waals surface area contributed by atoms with E-state index in [0.29, 0.717) is 0 Å². The number of nitrogens with one attached hydrogen (secondary N) is 2. The smallest absolute Gasteiger partial charge is 0.353 e. The van der Waals surface area contributed by atoms with Gasteiger partial charge in [-0.05, 0) is 0 Å². The van der Waals surface area contributed by atoms with Gasteiger partial charge in [0.25, 0.3) is 17.4 Å². The van der Waals surface area contributed by atoms with Crippen LogP contribution < -0.4 is 22.3 Å². The molecule has 17 heteroatoms. The van der Waals surface area contributed by atoms with Crippen LogP contribution >= 0.6 is 34.9 Å². The minimum absolute atomic E-state index is 0.0341. The molecule has 1 fully saturated rings. The molecule has 8 N–H and O–H groups in total. The van der Waals surface area contributed by atoms with Crippen LogP contribution in [0.25, 0.3) is 0 Å². The van der Waals surface area contributed by atoms with Crippen LogP contribution in [0.5, 0.6) is 0 Å². The topological polar surface area (TPSA) is 230 Å². The van der Waals surface area contributed by atoms with Gasteiger partial charge in [-0.1, -0.05) is 16.9 Å². The van der Waals surface area contributed by atoms with Crippen molar-refractivity contribution in [1.82, 2.24) is 25.2 Å². The van der Waals surface area contributed by atoms with Gasteiger partial charge in [-0.25, -0.2) is 14.8 Å². The molecule has 0 aliphatic carbocycles. The summed E-state index contributed by atoms with van der Waals surface area (Å²) in [5.74, 6) is -2.84. The molecule has 0 radical (unpaired) electrons. The number of carboxylic acid groups (broad SMARTS) is 1. The van der Waals surface area contributed by atoms with Gasteiger partial charge in [0.15, 0.2) is 10.8 Å². The number of aliphatic carboxylic acids is 1. The zero-order valence-electron chi connectivity index (χ0n) is 16.2. The highest BCUT2D eigenvalue weighted by atomic mass is 32.2. The van der Waals surface area contributed by atoms with Crippen molar-refractivity contribution in [2.75, 3.05) is 17.2 Å². The molecule has 1 saturated heterocycles. The molecule has 4 rings (SSSR count). The van der Waals surface area contributed by atoms with E-state index >= 15 is 0 Å². The lowest BCUT2D eigenvalue weighted by atomic mass is 10.0. The molecule has 0 bridgehead atoms. The van der Waals surface area contributed by atoms with Crippen molar-refractivity contribution < 1.29 is 24.7 Å². The summed E-state index contributed by atoms with van der Waals surface area (Å²) >= 11 is 3.16. The van der Waals surface area contributed by atoms with Crippen LogP contribution in [-0.4, -0.2) is 70.8 Å². The normalized spacial score (nSPS) is 20.3. The van der Waals surface area contributed by atoms with Crippen molar-refractivity contribution in [3.63, 3.8) is 0 Å². The number of anilines is 2. The molecule has 0 saturated carbocycles. The first-order chi connectivity index (χ1) is 15.7. The van der Waals surface area contributed by atoms with Crippen molar-refractivity contribution in [2.45, 2.75) is 16.4 Å². The van der Waals surface area contributed by atoms with Crippen molar-refractivity contribution in [3.8, 4) is 0 Å². The number of carboxylic acids is 1. The van der Waals surface area contributed by atoms with Crippen LogP contribution in [-0.2, 0) is 14.4 Å². The summed E-state index contributed by atoms with van der Waals surface area (Å²) in [4.78, 5) is 60.3. The summed E-state index contributed by atoms with van der Waals surface area (Å²) in [7, 11) is 0. The Labute approximate surface area is 196 Å². The Hall–Kier alpha value is -3.57. The number of H-pyrrole nitrogens is 1. The molecule has 2 aromatic heterocycles. The number of hydrogen-bond acceptors (Lipinski definition) is 13. The Kier molecular flexibility index (Phi) is 6.00. The summed E-state index contributed by atoms with van der Waals surface area (Å²) < 4.78 is 0. The Balaban J connectivity index is 1.54. The van der Waals surface area contributed by atoms with E-state index in [1.54, 1.807) is 0 Å². The van der Waals surface area contributed by atoms with Crippen LogP contribution in [0.4, 0.5) is 11.1 Å². The van der Waals surface area contributed by atoms with Gasteiger partial charge in [-0.15, -0.1) is 23.1 Å². The van der Waals surface area contributed by atoms with Crippen LogP contribution in [0.1, 0.15) is 5.69 Å². The highest BCUT2D eigenvalue weighted by Gasteiger charge is 2.54. The second kappa shape index (κ2) is 8.75. The average molecular weight is 511 g/mol. The summed E-state index contributed by atoms with van der Waals surface area (Å²) in [5.41, 5.74) is 9.88. The number of β-lactam (4-membered cyclic amide) rings is 1. The minimum atomic E-state index is -1.35. The third kappa shape index (κ3) is 4.24.